The highest BCUT2D eigenvalue weighted by molar-refractivity contribution is 6.35. The molecule has 3 N–H and O–H groups in total. The van der Waals surface area contributed by atoms with Crippen molar-refractivity contribution in [3.8, 4) is 5.75 Å². The summed E-state index contributed by atoms with van der Waals surface area (Å²) in [5.74, 6) is -2.21. The first-order valence-corrected chi connectivity index (χ1v) is 12.8. The Morgan fingerprint density at radius 3 is 2.55 bits per heavy atom. The minimum atomic E-state index is -1.42. The first-order valence-electron chi connectivity index (χ1n) is 12.4. The summed E-state index contributed by atoms with van der Waals surface area (Å²) < 4.78 is 5.24. The van der Waals surface area contributed by atoms with E-state index in [-0.39, 0.29) is 11.8 Å². The summed E-state index contributed by atoms with van der Waals surface area (Å²) in [6, 6.07) is 19.5. The van der Waals surface area contributed by atoms with Crippen molar-refractivity contribution in [1.29, 1.82) is 0 Å². The number of methoxy groups -OCH3 is 1. The zero-order valence-corrected chi connectivity index (χ0v) is 21.1. The van der Waals surface area contributed by atoms with Gasteiger partial charge in [0.05, 0.1) is 35.3 Å². The topological polar surface area (TPSA) is 104 Å². The smallest absolute Gasteiger partial charge is 0.250 e. The molecule has 2 fully saturated rings. The van der Waals surface area contributed by atoms with E-state index < -0.39 is 29.3 Å². The van der Waals surface area contributed by atoms with Gasteiger partial charge >= 0.3 is 0 Å². The lowest BCUT2D eigenvalue weighted by Crippen LogP contribution is -2.53. The second-order valence-corrected chi connectivity index (χ2v) is 10.4. The molecule has 0 aliphatic carbocycles. The average Bonchev–Trinajstić information content (AvgIpc) is 3.64. The summed E-state index contributed by atoms with van der Waals surface area (Å²) in [5, 5.41) is 7.79. The van der Waals surface area contributed by atoms with Gasteiger partial charge in [0.15, 0.2) is 0 Å². The van der Waals surface area contributed by atoms with Crippen molar-refractivity contribution in [2.45, 2.75) is 18.0 Å². The Hall–Kier alpha value is -4.14. The molecule has 0 radical (unpaired) electrons. The summed E-state index contributed by atoms with van der Waals surface area (Å²) in [7, 11) is 1.55. The third kappa shape index (κ3) is 2.98. The van der Waals surface area contributed by atoms with Crippen LogP contribution in [-0.4, -0.2) is 35.9 Å². The minimum Gasteiger partial charge on any atom is -0.497 e. The van der Waals surface area contributed by atoms with Crippen molar-refractivity contribution in [1.82, 2.24) is 10.3 Å². The number of hydrogen-bond donors (Lipinski definition) is 3. The molecular formula is C29H23ClN4O4. The first-order chi connectivity index (χ1) is 18.4. The van der Waals surface area contributed by atoms with E-state index >= 15 is 0 Å². The van der Waals surface area contributed by atoms with Gasteiger partial charge in [0.25, 0.3) is 0 Å². The number of carbonyl (C=O) groups is 3. The molecule has 2 unspecified atom stereocenters. The number of aromatic amines is 1. The molecule has 3 aliphatic heterocycles. The van der Waals surface area contributed by atoms with E-state index in [0.717, 1.165) is 16.5 Å². The van der Waals surface area contributed by atoms with Gasteiger partial charge in [-0.25, -0.2) is 4.90 Å². The third-order valence-electron chi connectivity index (χ3n) is 8.14. The number of nitrogens with zero attached hydrogens (tertiary/aromatic N) is 1. The fourth-order valence-corrected chi connectivity index (χ4v) is 6.71. The molecule has 3 aromatic carbocycles. The van der Waals surface area contributed by atoms with Gasteiger partial charge in [-0.2, -0.15) is 0 Å². The van der Waals surface area contributed by atoms with Crippen LogP contribution in [0.4, 0.5) is 11.4 Å². The standard InChI is InChI=1S/C29H23ClN4O4/c1-38-17-11-9-16(10-12-17)34-26(35)23-22(13-15-14-31-21-8-3-2-5-18(15)21)33-29(24(23)27(34)36)19-6-4-7-20(30)25(19)32-28(29)37/h2-12,14,22-24,31,33H,13H2,1H3,(H,32,37)/t22?,23-,24+,29?/m1/s1. The van der Waals surface area contributed by atoms with Crippen LogP contribution in [0.3, 0.4) is 0 Å². The summed E-state index contributed by atoms with van der Waals surface area (Å²) in [6.07, 6.45) is 2.37. The second kappa shape index (κ2) is 8.18. The molecule has 38 heavy (non-hydrogen) atoms. The van der Waals surface area contributed by atoms with Gasteiger partial charge in [-0.3, -0.25) is 19.7 Å². The predicted molar refractivity (Wildman–Crippen MR) is 143 cm³/mol. The number of ether oxygens (including phenoxy) is 1. The van der Waals surface area contributed by atoms with Crippen LogP contribution in [0.15, 0.2) is 72.9 Å². The summed E-state index contributed by atoms with van der Waals surface area (Å²) in [5.41, 5.74) is 2.07. The van der Waals surface area contributed by atoms with E-state index in [4.69, 9.17) is 16.3 Å². The number of imide groups is 1. The largest absolute Gasteiger partial charge is 0.497 e. The van der Waals surface area contributed by atoms with Crippen LogP contribution in [0.2, 0.25) is 5.02 Å². The van der Waals surface area contributed by atoms with E-state index in [1.165, 1.54) is 4.90 Å². The summed E-state index contributed by atoms with van der Waals surface area (Å²) in [4.78, 5) is 46.4. The fraction of sp³-hybridized carbons (Fsp3) is 0.207. The maximum absolute atomic E-state index is 14.1. The predicted octanol–water partition coefficient (Wildman–Crippen LogP) is 4.00. The third-order valence-corrected chi connectivity index (χ3v) is 8.46. The van der Waals surface area contributed by atoms with Gasteiger partial charge in [0, 0.05) is 28.7 Å². The highest BCUT2D eigenvalue weighted by Gasteiger charge is 2.70. The van der Waals surface area contributed by atoms with Crippen molar-refractivity contribution in [3.63, 3.8) is 0 Å². The molecule has 3 amide bonds. The molecule has 3 aliphatic rings. The normalized spacial score (nSPS) is 25.8. The van der Waals surface area contributed by atoms with Crippen LogP contribution < -0.4 is 20.3 Å². The SMILES string of the molecule is COc1ccc(N2C(=O)[C@@H]3C(Cc4c[nH]c5ccccc45)NC4(C(=O)Nc5c(Cl)cccc54)[C@@H]3C2=O)cc1. The number of H-pyrrole nitrogens is 1. The van der Waals surface area contributed by atoms with Crippen LogP contribution >= 0.6 is 11.6 Å². The van der Waals surface area contributed by atoms with Crippen molar-refractivity contribution in [3.05, 3.63) is 89.1 Å². The van der Waals surface area contributed by atoms with Gasteiger partial charge in [-0.1, -0.05) is 41.9 Å². The minimum absolute atomic E-state index is 0.331. The second-order valence-electron chi connectivity index (χ2n) is 9.95. The molecule has 4 aromatic rings. The molecule has 1 spiro atoms. The van der Waals surface area contributed by atoms with Crippen molar-refractivity contribution >= 4 is 51.6 Å². The molecule has 9 heteroatoms. The van der Waals surface area contributed by atoms with Crippen LogP contribution in [0, 0.1) is 11.8 Å². The Labute approximate surface area is 222 Å². The van der Waals surface area contributed by atoms with Gasteiger partial charge in [0.2, 0.25) is 17.7 Å². The molecular weight excluding hydrogens is 504 g/mol. The molecule has 8 nitrogen and oxygen atoms in total. The monoisotopic (exact) mass is 526 g/mol. The first kappa shape index (κ1) is 23.0. The van der Waals surface area contributed by atoms with Gasteiger partial charge in [0.1, 0.15) is 11.3 Å². The molecule has 190 valence electrons. The lowest BCUT2D eigenvalue weighted by Gasteiger charge is -2.29. The number of amides is 3. The van der Waals surface area contributed by atoms with E-state index in [1.807, 2.05) is 30.5 Å². The summed E-state index contributed by atoms with van der Waals surface area (Å²) >= 11 is 6.45. The fourth-order valence-electron chi connectivity index (χ4n) is 6.49. The number of para-hydroxylation sites is 2. The zero-order chi connectivity index (χ0) is 26.2. The number of rotatable bonds is 4. The average molecular weight is 527 g/mol. The number of anilines is 2. The maximum atomic E-state index is 14.1. The molecule has 4 heterocycles. The Morgan fingerprint density at radius 1 is 0.974 bits per heavy atom. The zero-order valence-electron chi connectivity index (χ0n) is 20.3. The molecule has 2 saturated heterocycles. The van der Waals surface area contributed by atoms with Crippen molar-refractivity contribution in [2.75, 3.05) is 17.3 Å². The van der Waals surface area contributed by atoms with Crippen LogP contribution in [-0.2, 0) is 26.3 Å². The number of carbonyl (C=O) groups excluding carboxylic acids is 3. The van der Waals surface area contributed by atoms with E-state index in [9.17, 15) is 14.4 Å². The molecule has 0 bridgehead atoms. The highest BCUT2D eigenvalue weighted by Crippen LogP contribution is 2.55. The quantitative estimate of drug-likeness (QED) is 0.349. The Balaban J connectivity index is 1.37. The molecule has 4 atom stereocenters. The van der Waals surface area contributed by atoms with Crippen LogP contribution in [0.5, 0.6) is 5.75 Å². The van der Waals surface area contributed by atoms with E-state index in [1.54, 1.807) is 49.6 Å². The Bertz CT molecular complexity index is 1650. The van der Waals surface area contributed by atoms with Gasteiger partial charge < -0.3 is 15.0 Å². The Kier molecular flexibility index (Phi) is 4.95. The molecule has 1 aromatic heterocycles. The van der Waals surface area contributed by atoms with Crippen LogP contribution in [0.25, 0.3) is 10.9 Å². The number of benzene rings is 3. The highest BCUT2D eigenvalue weighted by atomic mass is 35.5. The molecule has 7 rings (SSSR count). The molecule has 0 saturated carbocycles. The van der Waals surface area contributed by atoms with E-state index in [2.05, 4.69) is 15.6 Å². The van der Waals surface area contributed by atoms with Crippen molar-refractivity contribution < 1.29 is 19.1 Å². The van der Waals surface area contributed by atoms with E-state index in [0.29, 0.717) is 34.1 Å². The lowest BCUT2D eigenvalue weighted by molar-refractivity contribution is -0.130. The Morgan fingerprint density at radius 2 is 1.76 bits per heavy atom. The van der Waals surface area contributed by atoms with Gasteiger partial charge in [-0.05, 0) is 48.4 Å². The van der Waals surface area contributed by atoms with Crippen molar-refractivity contribution in [2.24, 2.45) is 11.8 Å². The van der Waals surface area contributed by atoms with Crippen LogP contribution in [0.1, 0.15) is 11.1 Å². The number of fused-ring (bicyclic) bond motifs is 5. The van der Waals surface area contributed by atoms with Gasteiger partial charge in [-0.15, -0.1) is 0 Å². The number of nitrogens with one attached hydrogen (secondary N) is 3. The number of aromatic nitrogens is 1. The summed E-state index contributed by atoms with van der Waals surface area (Å²) in [6.45, 7) is 0. The lowest BCUT2D eigenvalue weighted by atomic mass is 9.76. The number of hydrogen-bond acceptors (Lipinski definition) is 5. The maximum Gasteiger partial charge on any atom is 0.250 e. The number of halogens is 1.